The summed E-state index contributed by atoms with van der Waals surface area (Å²) in [7, 11) is 0. The molecule has 1 aromatic rings. The predicted octanol–water partition coefficient (Wildman–Crippen LogP) is 3.97. The van der Waals surface area contributed by atoms with Gasteiger partial charge in [-0.15, -0.1) is 0 Å². The van der Waals surface area contributed by atoms with Gasteiger partial charge >= 0.3 is 0 Å². The minimum Gasteiger partial charge on any atom is -0.341 e. The summed E-state index contributed by atoms with van der Waals surface area (Å²) in [6, 6.07) is 4.38. The average molecular weight is 404 g/mol. The van der Waals surface area contributed by atoms with Crippen LogP contribution in [0.5, 0.6) is 0 Å². The summed E-state index contributed by atoms with van der Waals surface area (Å²) in [6.07, 6.45) is 8.21. The Balaban J connectivity index is 1.42. The molecule has 160 valence electrons. The molecule has 1 N–H and O–H groups in total. The van der Waals surface area contributed by atoms with Crippen LogP contribution in [0.4, 0.5) is 10.1 Å². The van der Waals surface area contributed by atoms with Crippen molar-refractivity contribution < 1.29 is 14.0 Å². The molecule has 0 saturated carbocycles. The van der Waals surface area contributed by atoms with Crippen LogP contribution in [0.15, 0.2) is 18.2 Å². The van der Waals surface area contributed by atoms with Crippen LogP contribution in [0.1, 0.15) is 56.9 Å². The zero-order valence-electron chi connectivity index (χ0n) is 17.6. The van der Waals surface area contributed by atoms with Crippen molar-refractivity contribution in [3.05, 3.63) is 29.6 Å². The topological polar surface area (TPSA) is 52.7 Å². The molecule has 0 unspecified atom stereocenters. The van der Waals surface area contributed by atoms with Gasteiger partial charge in [0.15, 0.2) is 0 Å². The number of anilines is 1. The number of hydrogen-bond acceptors (Lipinski definition) is 3. The minimum absolute atomic E-state index is 0.0484. The predicted molar refractivity (Wildman–Crippen MR) is 113 cm³/mol. The molecule has 1 aromatic carbocycles. The number of nitrogens with one attached hydrogen (secondary N) is 1. The number of aryl methyl sites for hydroxylation is 1. The first-order valence-electron chi connectivity index (χ1n) is 11.1. The highest BCUT2D eigenvalue weighted by molar-refractivity contribution is 5.91. The number of carbonyl (C=O) groups is 2. The van der Waals surface area contributed by atoms with Crippen molar-refractivity contribution in [1.29, 1.82) is 0 Å². The number of hydrogen-bond donors (Lipinski definition) is 1. The fourth-order valence-corrected chi connectivity index (χ4v) is 4.43. The molecule has 3 rings (SSSR count). The van der Waals surface area contributed by atoms with Crippen LogP contribution < -0.4 is 5.32 Å². The Morgan fingerprint density at radius 1 is 1.10 bits per heavy atom. The number of carbonyl (C=O) groups excluding carboxylic acids is 2. The van der Waals surface area contributed by atoms with E-state index in [0.717, 1.165) is 51.0 Å². The van der Waals surface area contributed by atoms with Gasteiger partial charge in [0.1, 0.15) is 5.82 Å². The summed E-state index contributed by atoms with van der Waals surface area (Å²) < 4.78 is 13.2. The maximum Gasteiger partial charge on any atom is 0.236 e. The Kier molecular flexibility index (Phi) is 8.04. The molecule has 0 aromatic heterocycles. The van der Waals surface area contributed by atoms with Crippen LogP contribution in [-0.4, -0.2) is 54.3 Å². The molecule has 2 saturated heterocycles. The van der Waals surface area contributed by atoms with Gasteiger partial charge in [0.25, 0.3) is 0 Å². The smallest absolute Gasteiger partial charge is 0.236 e. The van der Waals surface area contributed by atoms with E-state index in [9.17, 15) is 14.0 Å². The lowest BCUT2D eigenvalue weighted by molar-refractivity contribution is -0.134. The van der Waals surface area contributed by atoms with Crippen molar-refractivity contribution >= 4 is 17.5 Å². The van der Waals surface area contributed by atoms with Crippen LogP contribution in [0.25, 0.3) is 0 Å². The molecule has 0 aliphatic carbocycles. The molecule has 2 amide bonds. The van der Waals surface area contributed by atoms with Gasteiger partial charge in [0.05, 0.1) is 6.54 Å². The molecule has 2 aliphatic heterocycles. The highest BCUT2D eigenvalue weighted by Crippen LogP contribution is 2.23. The van der Waals surface area contributed by atoms with E-state index in [2.05, 4.69) is 10.2 Å². The van der Waals surface area contributed by atoms with Crippen molar-refractivity contribution in [3.63, 3.8) is 0 Å². The largest absolute Gasteiger partial charge is 0.341 e. The number of likely N-dealkylation sites (tertiary alicyclic amines) is 2. The lowest BCUT2D eigenvalue weighted by atomic mass is 9.93. The quantitative estimate of drug-likeness (QED) is 0.782. The maximum absolute atomic E-state index is 13.2. The second-order valence-electron chi connectivity index (χ2n) is 8.58. The van der Waals surface area contributed by atoms with E-state index in [1.165, 1.54) is 37.8 Å². The zero-order valence-corrected chi connectivity index (χ0v) is 17.6. The normalized spacial score (nSPS) is 20.9. The van der Waals surface area contributed by atoms with Crippen molar-refractivity contribution in [1.82, 2.24) is 9.80 Å². The summed E-state index contributed by atoms with van der Waals surface area (Å²) in [5.41, 5.74) is 1.38. The number of halogens is 1. The summed E-state index contributed by atoms with van der Waals surface area (Å²) >= 11 is 0. The Morgan fingerprint density at radius 3 is 2.59 bits per heavy atom. The Hall–Kier alpha value is -1.95. The van der Waals surface area contributed by atoms with Crippen LogP contribution >= 0.6 is 0 Å². The number of piperidine rings is 1. The number of amides is 2. The van der Waals surface area contributed by atoms with E-state index < -0.39 is 0 Å². The molecule has 0 bridgehead atoms. The van der Waals surface area contributed by atoms with E-state index in [1.807, 2.05) is 4.90 Å². The zero-order chi connectivity index (χ0) is 20.6. The lowest BCUT2D eigenvalue weighted by Gasteiger charge is -2.34. The van der Waals surface area contributed by atoms with Gasteiger partial charge in [-0.1, -0.05) is 12.8 Å². The minimum atomic E-state index is -0.298. The number of nitrogens with zero attached hydrogens (tertiary/aromatic N) is 2. The fraction of sp³-hybridized carbons (Fsp3) is 0.652. The second-order valence-corrected chi connectivity index (χ2v) is 8.58. The monoisotopic (exact) mass is 403 g/mol. The number of benzene rings is 1. The molecule has 29 heavy (non-hydrogen) atoms. The van der Waals surface area contributed by atoms with Gasteiger partial charge in [0, 0.05) is 25.2 Å². The molecule has 1 atom stereocenters. The van der Waals surface area contributed by atoms with E-state index in [-0.39, 0.29) is 17.6 Å². The first-order valence-corrected chi connectivity index (χ1v) is 11.1. The third-order valence-corrected chi connectivity index (χ3v) is 6.17. The van der Waals surface area contributed by atoms with Gasteiger partial charge in [-0.05, 0) is 81.8 Å². The Labute approximate surface area is 173 Å². The van der Waals surface area contributed by atoms with Crippen molar-refractivity contribution in [3.8, 4) is 0 Å². The first-order chi connectivity index (χ1) is 14.0. The van der Waals surface area contributed by atoms with Crippen LogP contribution in [-0.2, 0) is 9.59 Å². The molecule has 2 fully saturated rings. The van der Waals surface area contributed by atoms with Crippen molar-refractivity contribution in [2.75, 3.05) is 38.0 Å². The van der Waals surface area contributed by atoms with Crippen LogP contribution in [0.2, 0.25) is 0 Å². The summed E-state index contributed by atoms with van der Waals surface area (Å²) in [4.78, 5) is 29.4. The van der Waals surface area contributed by atoms with E-state index in [0.29, 0.717) is 24.6 Å². The average Bonchev–Trinajstić information content (AvgIpc) is 2.97. The summed E-state index contributed by atoms with van der Waals surface area (Å²) in [5, 5.41) is 2.88. The van der Waals surface area contributed by atoms with Gasteiger partial charge in [0.2, 0.25) is 11.8 Å². The molecular weight excluding hydrogens is 369 g/mol. The van der Waals surface area contributed by atoms with Crippen molar-refractivity contribution in [2.45, 2.75) is 58.3 Å². The maximum atomic E-state index is 13.2. The molecule has 2 aliphatic rings. The van der Waals surface area contributed by atoms with Gasteiger partial charge in [-0.25, -0.2) is 4.39 Å². The van der Waals surface area contributed by atoms with Gasteiger partial charge < -0.3 is 10.2 Å². The highest BCUT2D eigenvalue weighted by atomic mass is 19.1. The molecular formula is C23H34FN3O2. The Bertz CT molecular complexity index is 701. The third-order valence-electron chi connectivity index (χ3n) is 6.17. The fourth-order valence-electron chi connectivity index (χ4n) is 4.43. The van der Waals surface area contributed by atoms with E-state index in [4.69, 9.17) is 0 Å². The van der Waals surface area contributed by atoms with Crippen LogP contribution in [0.3, 0.4) is 0 Å². The number of rotatable bonds is 6. The first kappa shape index (κ1) is 21.8. The van der Waals surface area contributed by atoms with E-state index >= 15 is 0 Å². The molecule has 0 spiro atoms. The van der Waals surface area contributed by atoms with Crippen LogP contribution in [0, 0.1) is 18.7 Å². The summed E-state index contributed by atoms with van der Waals surface area (Å²) in [6.45, 7) is 5.99. The molecule has 0 radical (unpaired) electrons. The second kappa shape index (κ2) is 10.7. The van der Waals surface area contributed by atoms with E-state index in [1.54, 1.807) is 13.0 Å². The highest BCUT2D eigenvalue weighted by Gasteiger charge is 2.25. The molecule has 2 heterocycles. The SMILES string of the molecule is Cc1cc(F)ccc1NC(=O)CC[C@H]1CCCN(C(=O)CN2CCCCCC2)C1. The van der Waals surface area contributed by atoms with Gasteiger partial charge in [-0.3, -0.25) is 14.5 Å². The van der Waals surface area contributed by atoms with Crippen molar-refractivity contribution in [2.24, 2.45) is 5.92 Å². The lowest BCUT2D eigenvalue weighted by Crippen LogP contribution is -2.45. The third kappa shape index (κ3) is 6.81. The Morgan fingerprint density at radius 2 is 1.86 bits per heavy atom. The molecule has 5 nitrogen and oxygen atoms in total. The van der Waals surface area contributed by atoms with Gasteiger partial charge in [-0.2, -0.15) is 0 Å². The summed E-state index contributed by atoms with van der Waals surface area (Å²) in [5.74, 6) is 0.264. The molecule has 6 heteroatoms. The standard InChI is InChI=1S/C23H34FN3O2/c1-18-15-20(24)9-10-21(18)25-22(28)11-8-19-7-6-14-27(16-19)23(29)17-26-12-4-2-3-5-13-26/h9-10,15,19H,2-8,11-14,16-17H2,1H3,(H,25,28)/t19-/m1/s1.